The lowest BCUT2D eigenvalue weighted by Gasteiger charge is -2.54. The van der Waals surface area contributed by atoms with E-state index in [1.165, 1.54) is 5.56 Å². The molecule has 0 unspecified atom stereocenters. The molecule has 216 valence electrons. The molecule has 40 heavy (non-hydrogen) atoms. The fourth-order valence-electron chi connectivity index (χ4n) is 5.80. The smallest absolute Gasteiger partial charge is 0.416 e. The Bertz CT molecular complexity index is 1230. The molecule has 0 aliphatic carbocycles. The van der Waals surface area contributed by atoms with Crippen molar-refractivity contribution < 1.29 is 19.1 Å². The van der Waals surface area contributed by atoms with E-state index in [1.807, 2.05) is 39.5 Å². The zero-order chi connectivity index (χ0) is 28.7. The van der Waals surface area contributed by atoms with Gasteiger partial charge >= 0.3 is 12.2 Å². The number of carbonyl (C=O) groups excluding carboxylic acids is 2. The number of anilines is 2. The molecule has 1 aromatic heterocycles. The average Bonchev–Trinajstić information content (AvgIpc) is 2.87. The highest BCUT2D eigenvalue weighted by Crippen LogP contribution is 2.41. The number of cyclic esters (lactones) is 1. The number of ether oxygens (including phenoxy) is 2. The van der Waals surface area contributed by atoms with Crippen LogP contribution in [-0.4, -0.2) is 69.8 Å². The number of benzene rings is 1. The quantitative estimate of drug-likeness (QED) is 0.514. The molecule has 5 rings (SSSR count). The van der Waals surface area contributed by atoms with Crippen LogP contribution in [0.15, 0.2) is 30.5 Å². The van der Waals surface area contributed by atoms with Crippen LogP contribution in [-0.2, 0) is 22.6 Å². The van der Waals surface area contributed by atoms with E-state index in [-0.39, 0.29) is 30.9 Å². The lowest BCUT2D eigenvalue weighted by Crippen LogP contribution is -2.60. The van der Waals surface area contributed by atoms with Crippen LogP contribution in [0.1, 0.15) is 77.1 Å². The summed E-state index contributed by atoms with van der Waals surface area (Å²) < 4.78 is 10.8. The summed E-state index contributed by atoms with van der Waals surface area (Å²) in [5.41, 5.74) is 3.10. The number of hydrogen-bond acceptors (Lipinski definition) is 8. The lowest BCUT2D eigenvalue weighted by atomic mass is 9.72. The third-order valence-corrected chi connectivity index (χ3v) is 7.96. The molecule has 1 aromatic carbocycles. The van der Waals surface area contributed by atoms with E-state index in [1.54, 1.807) is 11.1 Å². The topological polar surface area (TPSA) is 100 Å². The molecule has 1 atom stereocenters. The molecule has 0 bridgehead atoms. The molecular weight excluding hydrogens is 508 g/mol. The number of carbonyl (C=O) groups is 2. The van der Waals surface area contributed by atoms with Crippen LogP contribution in [0.25, 0.3) is 0 Å². The average molecular weight is 551 g/mol. The standard InChI is InChI=1S/C30H42N6O4/c1-20(2)36-25-24(17-39-28(36)38)15-31-26(33-25)32-21(3)23-9-7-22(8-10-23)16-34-18-30(19-34)11-13-35(14-12-30)27(37)40-29(4,5)6/h7-10,15,20-21H,11-14,16-19H2,1-6H3,(H,31,32,33)/t21-/m0/s1. The molecule has 2 saturated heterocycles. The maximum atomic E-state index is 12.4. The van der Waals surface area contributed by atoms with Crippen molar-refractivity contribution in [1.29, 1.82) is 0 Å². The first kappa shape index (κ1) is 28.1. The van der Waals surface area contributed by atoms with Crippen LogP contribution in [0.3, 0.4) is 0 Å². The van der Waals surface area contributed by atoms with E-state index >= 15 is 0 Å². The van der Waals surface area contributed by atoms with Crippen molar-refractivity contribution in [2.75, 3.05) is 36.4 Å². The van der Waals surface area contributed by atoms with Gasteiger partial charge in [-0.2, -0.15) is 4.98 Å². The number of fused-ring (bicyclic) bond motifs is 1. The molecule has 10 heteroatoms. The van der Waals surface area contributed by atoms with Crippen LogP contribution in [0.4, 0.5) is 21.4 Å². The highest BCUT2D eigenvalue weighted by Gasteiger charge is 2.45. The molecule has 2 amide bonds. The van der Waals surface area contributed by atoms with Gasteiger partial charge in [0, 0.05) is 45.0 Å². The Morgan fingerprint density at radius 2 is 1.80 bits per heavy atom. The second-order valence-corrected chi connectivity index (χ2v) is 12.8. The molecule has 1 N–H and O–H groups in total. The molecule has 2 fully saturated rings. The summed E-state index contributed by atoms with van der Waals surface area (Å²) >= 11 is 0. The minimum atomic E-state index is -0.454. The first-order chi connectivity index (χ1) is 18.9. The van der Waals surface area contributed by atoms with Crippen molar-refractivity contribution in [3.05, 3.63) is 47.2 Å². The summed E-state index contributed by atoms with van der Waals surface area (Å²) in [6.45, 7) is 16.5. The second kappa shape index (κ2) is 10.9. The van der Waals surface area contributed by atoms with E-state index in [9.17, 15) is 9.59 Å². The van der Waals surface area contributed by atoms with E-state index in [0.29, 0.717) is 17.2 Å². The number of piperidine rings is 1. The zero-order valence-corrected chi connectivity index (χ0v) is 24.6. The third kappa shape index (κ3) is 6.16. The number of nitrogens with zero attached hydrogens (tertiary/aromatic N) is 5. The number of amides is 2. The largest absolute Gasteiger partial charge is 0.444 e. The maximum Gasteiger partial charge on any atom is 0.416 e. The SMILES string of the molecule is CC(C)N1C(=O)OCc2cnc(N[C@@H](C)c3ccc(CN4CC5(CCN(C(=O)OC(C)(C)C)CC5)C4)cc3)nc21. The Hall–Kier alpha value is -3.40. The predicted octanol–water partition coefficient (Wildman–Crippen LogP) is 5.35. The summed E-state index contributed by atoms with van der Waals surface area (Å²) in [5.74, 6) is 1.09. The predicted molar refractivity (Wildman–Crippen MR) is 153 cm³/mol. The summed E-state index contributed by atoms with van der Waals surface area (Å²) in [6, 6.07) is 8.61. The van der Waals surface area contributed by atoms with Crippen LogP contribution < -0.4 is 10.2 Å². The molecule has 2 aromatic rings. The summed E-state index contributed by atoms with van der Waals surface area (Å²) in [7, 11) is 0. The second-order valence-electron chi connectivity index (χ2n) is 12.8. The Morgan fingerprint density at radius 1 is 1.12 bits per heavy atom. The van der Waals surface area contributed by atoms with Gasteiger partial charge in [-0.1, -0.05) is 24.3 Å². The van der Waals surface area contributed by atoms with Crippen molar-refractivity contribution in [3.63, 3.8) is 0 Å². The van der Waals surface area contributed by atoms with Gasteiger partial charge in [0.2, 0.25) is 5.95 Å². The normalized spacial score (nSPS) is 19.6. The first-order valence-electron chi connectivity index (χ1n) is 14.3. The highest BCUT2D eigenvalue weighted by molar-refractivity contribution is 5.89. The Labute approximate surface area is 237 Å². The molecule has 1 spiro atoms. The van der Waals surface area contributed by atoms with Crippen molar-refractivity contribution in [2.24, 2.45) is 5.41 Å². The minimum Gasteiger partial charge on any atom is -0.444 e. The van der Waals surface area contributed by atoms with Gasteiger partial charge in [-0.05, 0) is 70.9 Å². The molecule has 3 aliphatic rings. The molecule has 10 nitrogen and oxygen atoms in total. The van der Waals surface area contributed by atoms with Gasteiger partial charge in [0.25, 0.3) is 0 Å². The van der Waals surface area contributed by atoms with Gasteiger partial charge in [0.1, 0.15) is 18.0 Å². The van der Waals surface area contributed by atoms with Gasteiger partial charge < -0.3 is 19.7 Å². The Morgan fingerprint density at radius 3 is 2.42 bits per heavy atom. The van der Waals surface area contributed by atoms with Gasteiger partial charge in [-0.25, -0.2) is 14.6 Å². The van der Waals surface area contributed by atoms with Gasteiger partial charge in [-0.15, -0.1) is 0 Å². The summed E-state index contributed by atoms with van der Waals surface area (Å²) in [4.78, 5) is 39.6. The zero-order valence-electron chi connectivity index (χ0n) is 24.6. The van der Waals surface area contributed by atoms with Crippen LogP contribution >= 0.6 is 0 Å². The van der Waals surface area contributed by atoms with Gasteiger partial charge in [0.05, 0.1) is 11.6 Å². The lowest BCUT2D eigenvalue weighted by molar-refractivity contribution is -0.0550. The fraction of sp³-hybridized carbons (Fsp3) is 0.600. The summed E-state index contributed by atoms with van der Waals surface area (Å²) in [5, 5.41) is 3.38. The molecular formula is C30H42N6O4. The molecule has 3 aliphatic heterocycles. The maximum absolute atomic E-state index is 12.4. The van der Waals surface area contributed by atoms with E-state index < -0.39 is 5.60 Å². The van der Waals surface area contributed by atoms with Crippen LogP contribution in [0, 0.1) is 5.41 Å². The third-order valence-electron chi connectivity index (χ3n) is 7.96. The number of aromatic nitrogens is 2. The number of nitrogens with one attached hydrogen (secondary N) is 1. The Balaban J connectivity index is 1.11. The van der Waals surface area contributed by atoms with E-state index in [2.05, 4.69) is 51.4 Å². The monoisotopic (exact) mass is 550 g/mol. The van der Waals surface area contributed by atoms with Crippen molar-refractivity contribution >= 4 is 24.0 Å². The molecule has 0 radical (unpaired) electrons. The number of rotatable bonds is 6. The minimum absolute atomic E-state index is 0.00224. The van der Waals surface area contributed by atoms with Crippen LogP contribution in [0.5, 0.6) is 0 Å². The first-order valence-corrected chi connectivity index (χ1v) is 14.3. The van der Waals surface area contributed by atoms with Gasteiger partial charge in [-0.3, -0.25) is 9.80 Å². The van der Waals surface area contributed by atoms with Gasteiger partial charge in [0.15, 0.2) is 0 Å². The highest BCUT2D eigenvalue weighted by atomic mass is 16.6. The van der Waals surface area contributed by atoms with Crippen molar-refractivity contribution in [3.8, 4) is 0 Å². The number of hydrogen-bond donors (Lipinski definition) is 1. The number of likely N-dealkylation sites (tertiary alicyclic amines) is 2. The molecule has 4 heterocycles. The molecule has 0 saturated carbocycles. The van der Waals surface area contributed by atoms with Crippen LogP contribution in [0.2, 0.25) is 0 Å². The van der Waals surface area contributed by atoms with E-state index in [4.69, 9.17) is 9.47 Å². The fourth-order valence-corrected chi connectivity index (χ4v) is 5.80. The Kier molecular flexibility index (Phi) is 7.65. The van der Waals surface area contributed by atoms with Crippen molar-refractivity contribution in [1.82, 2.24) is 19.8 Å². The van der Waals surface area contributed by atoms with E-state index in [0.717, 1.165) is 56.7 Å². The summed E-state index contributed by atoms with van der Waals surface area (Å²) in [6.07, 6.45) is 3.22. The van der Waals surface area contributed by atoms with Crippen molar-refractivity contribution in [2.45, 2.75) is 85.2 Å².